The number of nitrogens with zero attached hydrogens (tertiary/aromatic N) is 1. The van der Waals surface area contributed by atoms with Gasteiger partial charge in [0.15, 0.2) is 0 Å². The summed E-state index contributed by atoms with van der Waals surface area (Å²) in [5.74, 6) is 0.274. The van der Waals surface area contributed by atoms with Crippen LogP contribution in [0.25, 0.3) is 0 Å². The van der Waals surface area contributed by atoms with E-state index in [1.807, 2.05) is 24.3 Å². The molecule has 0 aromatic heterocycles. The largest absolute Gasteiger partial charge is 0.342 e. The van der Waals surface area contributed by atoms with Gasteiger partial charge in [0.1, 0.15) is 0 Å². The highest BCUT2D eigenvalue weighted by molar-refractivity contribution is 5.93. The van der Waals surface area contributed by atoms with Crippen molar-refractivity contribution in [1.29, 1.82) is 0 Å². The van der Waals surface area contributed by atoms with Crippen molar-refractivity contribution in [2.24, 2.45) is 5.92 Å². The van der Waals surface area contributed by atoms with Gasteiger partial charge in [-0.2, -0.15) is 0 Å². The molecule has 20 heavy (non-hydrogen) atoms. The van der Waals surface area contributed by atoms with Crippen LogP contribution in [-0.2, 0) is 16.1 Å². The standard InChI is InChI=1S/C16H22N2O2/c1-12(19)18(2)11-14-9-5-6-10-15(14)17-16(20)13-7-3-4-8-13/h5-6,9-10,13H,3-4,7-8,11H2,1-2H3,(H,17,20). The summed E-state index contributed by atoms with van der Waals surface area (Å²) < 4.78 is 0. The molecule has 1 saturated carbocycles. The topological polar surface area (TPSA) is 49.4 Å². The number of amides is 2. The first-order valence-electron chi connectivity index (χ1n) is 7.18. The number of hydrogen-bond donors (Lipinski definition) is 1. The Balaban J connectivity index is 2.07. The number of rotatable bonds is 4. The lowest BCUT2D eigenvalue weighted by molar-refractivity contribution is -0.128. The summed E-state index contributed by atoms with van der Waals surface area (Å²) in [7, 11) is 1.76. The van der Waals surface area contributed by atoms with Crippen LogP contribution in [0.3, 0.4) is 0 Å². The minimum atomic E-state index is 0.0157. The molecule has 4 heteroatoms. The van der Waals surface area contributed by atoms with Crippen LogP contribution in [0.5, 0.6) is 0 Å². The number of hydrogen-bond acceptors (Lipinski definition) is 2. The van der Waals surface area contributed by atoms with Crippen molar-refractivity contribution < 1.29 is 9.59 Å². The van der Waals surface area contributed by atoms with Gasteiger partial charge in [0.25, 0.3) is 0 Å². The predicted molar refractivity (Wildman–Crippen MR) is 79.2 cm³/mol. The normalized spacial score (nSPS) is 15.1. The van der Waals surface area contributed by atoms with Crippen LogP contribution in [-0.4, -0.2) is 23.8 Å². The Morgan fingerprint density at radius 1 is 1.25 bits per heavy atom. The van der Waals surface area contributed by atoms with Crippen molar-refractivity contribution in [1.82, 2.24) is 4.90 Å². The second kappa shape index (κ2) is 6.55. The van der Waals surface area contributed by atoms with Gasteiger partial charge in [0.2, 0.25) is 11.8 Å². The zero-order valence-corrected chi connectivity index (χ0v) is 12.2. The van der Waals surface area contributed by atoms with Gasteiger partial charge in [0.05, 0.1) is 0 Å². The highest BCUT2D eigenvalue weighted by atomic mass is 16.2. The third-order valence-corrected chi connectivity index (χ3v) is 3.95. The molecular formula is C16H22N2O2. The number of anilines is 1. The van der Waals surface area contributed by atoms with Crippen molar-refractivity contribution in [3.05, 3.63) is 29.8 Å². The van der Waals surface area contributed by atoms with E-state index in [9.17, 15) is 9.59 Å². The fraction of sp³-hybridized carbons (Fsp3) is 0.500. The second-order valence-electron chi connectivity index (χ2n) is 5.50. The molecule has 0 unspecified atom stereocenters. The molecule has 1 aliphatic carbocycles. The molecule has 0 saturated heterocycles. The van der Waals surface area contributed by atoms with E-state index in [1.165, 1.54) is 0 Å². The zero-order chi connectivity index (χ0) is 14.5. The monoisotopic (exact) mass is 274 g/mol. The predicted octanol–water partition coefficient (Wildman–Crippen LogP) is 2.79. The molecule has 2 rings (SSSR count). The summed E-state index contributed by atoms with van der Waals surface area (Å²) in [4.78, 5) is 25.2. The first kappa shape index (κ1) is 14.6. The first-order chi connectivity index (χ1) is 9.58. The highest BCUT2D eigenvalue weighted by Gasteiger charge is 2.23. The number of para-hydroxylation sites is 1. The van der Waals surface area contributed by atoms with E-state index in [2.05, 4.69) is 5.32 Å². The van der Waals surface area contributed by atoms with Crippen molar-refractivity contribution >= 4 is 17.5 Å². The molecule has 4 nitrogen and oxygen atoms in total. The number of carbonyl (C=O) groups excluding carboxylic acids is 2. The van der Waals surface area contributed by atoms with Gasteiger partial charge in [-0.05, 0) is 24.5 Å². The van der Waals surface area contributed by atoms with Gasteiger partial charge in [0, 0.05) is 32.1 Å². The summed E-state index contributed by atoms with van der Waals surface area (Å²) in [5.41, 5.74) is 1.79. The lowest BCUT2D eigenvalue weighted by Crippen LogP contribution is -2.25. The third kappa shape index (κ3) is 3.59. The zero-order valence-electron chi connectivity index (χ0n) is 12.2. The molecule has 1 aromatic carbocycles. The van der Waals surface area contributed by atoms with Crippen LogP contribution in [0, 0.1) is 5.92 Å². The molecule has 0 heterocycles. The maximum absolute atomic E-state index is 12.2. The average molecular weight is 274 g/mol. The summed E-state index contributed by atoms with van der Waals surface area (Å²) in [5, 5.41) is 3.02. The van der Waals surface area contributed by atoms with E-state index in [0.717, 1.165) is 36.9 Å². The summed E-state index contributed by atoms with van der Waals surface area (Å²) in [6.07, 6.45) is 4.27. The Kier molecular flexibility index (Phi) is 4.77. The Hall–Kier alpha value is -1.84. The smallest absolute Gasteiger partial charge is 0.227 e. The number of nitrogens with one attached hydrogen (secondary N) is 1. The highest BCUT2D eigenvalue weighted by Crippen LogP contribution is 2.27. The van der Waals surface area contributed by atoms with Crippen LogP contribution in [0.1, 0.15) is 38.2 Å². The maximum atomic E-state index is 12.2. The Bertz CT molecular complexity index is 493. The molecule has 0 atom stereocenters. The quantitative estimate of drug-likeness (QED) is 0.917. The molecule has 1 fully saturated rings. The van der Waals surface area contributed by atoms with Crippen molar-refractivity contribution in [2.45, 2.75) is 39.2 Å². The summed E-state index contributed by atoms with van der Waals surface area (Å²) in [6, 6.07) is 7.68. The fourth-order valence-corrected chi connectivity index (χ4v) is 2.57. The molecule has 1 aliphatic rings. The van der Waals surface area contributed by atoms with Crippen LogP contribution >= 0.6 is 0 Å². The van der Waals surface area contributed by atoms with Crippen molar-refractivity contribution in [3.8, 4) is 0 Å². The number of carbonyl (C=O) groups is 2. The van der Waals surface area contributed by atoms with Crippen LogP contribution < -0.4 is 5.32 Å². The Labute approximate surface area is 120 Å². The minimum Gasteiger partial charge on any atom is -0.342 e. The fourth-order valence-electron chi connectivity index (χ4n) is 2.57. The first-order valence-corrected chi connectivity index (χ1v) is 7.18. The van der Waals surface area contributed by atoms with E-state index >= 15 is 0 Å². The van der Waals surface area contributed by atoms with Crippen LogP contribution in [0.2, 0.25) is 0 Å². The van der Waals surface area contributed by atoms with E-state index in [1.54, 1.807) is 18.9 Å². The molecule has 2 amide bonds. The van der Waals surface area contributed by atoms with Crippen LogP contribution in [0.15, 0.2) is 24.3 Å². The van der Waals surface area contributed by atoms with Gasteiger partial charge >= 0.3 is 0 Å². The van der Waals surface area contributed by atoms with Gasteiger partial charge < -0.3 is 10.2 Å². The molecule has 1 N–H and O–H groups in total. The Morgan fingerprint density at radius 3 is 2.55 bits per heavy atom. The lowest BCUT2D eigenvalue weighted by atomic mass is 10.1. The average Bonchev–Trinajstić information content (AvgIpc) is 2.94. The van der Waals surface area contributed by atoms with Gasteiger partial charge in [-0.25, -0.2) is 0 Å². The molecule has 108 valence electrons. The molecule has 0 aliphatic heterocycles. The van der Waals surface area contributed by atoms with E-state index in [0.29, 0.717) is 6.54 Å². The van der Waals surface area contributed by atoms with Crippen molar-refractivity contribution in [2.75, 3.05) is 12.4 Å². The van der Waals surface area contributed by atoms with E-state index < -0.39 is 0 Å². The van der Waals surface area contributed by atoms with Crippen molar-refractivity contribution in [3.63, 3.8) is 0 Å². The van der Waals surface area contributed by atoms with Gasteiger partial charge in [-0.3, -0.25) is 9.59 Å². The van der Waals surface area contributed by atoms with E-state index in [4.69, 9.17) is 0 Å². The van der Waals surface area contributed by atoms with Gasteiger partial charge in [-0.1, -0.05) is 31.0 Å². The molecule has 1 aromatic rings. The lowest BCUT2D eigenvalue weighted by Gasteiger charge is -2.18. The SMILES string of the molecule is CC(=O)N(C)Cc1ccccc1NC(=O)C1CCCC1. The summed E-state index contributed by atoms with van der Waals surface area (Å²) >= 11 is 0. The van der Waals surface area contributed by atoms with Crippen LogP contribution in [0.4, 0.5) is 5.69 Å². The van der Waals surface area contributed by atoms with Gasteiger partial charge in [-0.15, -0.1) is 0 Å². The molecule has 0 radical (unpaired) electrons. The number of benzene rings is 1. The molecule has 0 bridgehead atoms. The second-order valence-corrected chi connectivity index (χ2v) is 5.50. The molecule has 0 spiro atoms. The van der Waals surface area contributed by atoms with E-state index in [-0.39, 0.29) is 17.7 Å². The molecular weight excluding hydrogens is 252 g/mol. The summed E-state index contributed by atoms with van der Waals surface area (Å²) in [6.45, 7) is 2.05. The third-order valence-electron chi connectivity index (χ3n) is 3.95. The Morgan fingerprint density at radius 2 is 1.90 bits per heavy atom. The minimum absolute atomic E-state index is 0.0157. The maximum Gasteiger partial charge on any atom is 0.227 e.